The lowest BCUT2D eigenvalue weighted by molar-refractivity contribution is -0.141. The highest BCUT2D eigenvalue weighted by Gasteiger charge is 2.27. The normalized spacial score (nSPS) is 20.7. The zero-order valence-electron chi connectivity index (χ0n) is 9.20. The smallest absolute Gasteiger partial charge is 0.307 e. The molecule has 17 heavy (non-hydrogen) atoms. The Morgan fingerprint density at radius 1 is 1.53 bits per heavy atom. The van der Waals surface area contributed by atoms with Crippen molar-refractivity contribution in [3.8, 4) is 0 Å². The molecule has 0 amide bonds. The lowest BCUT2D eigenvalue weighted by Crippen LogP contribution is -2.22. The summed E-state index contributed by atoms with van der Waals surface area (Å²) < 4.78 is 13.9. The van der Waals surface area contributed by atoms with Crippen LogP contribution < -0.4 is 0 Å². The van der Waals surface area contributed by atoms with E-state index in [9.17, 15) is 9.18 Å². The monoisotopic (exact) mass is 301 g/mol. The van der Waals surface area contributed by atoms with Gasteiger partial charge >= 0.3 is 5.97 Å². The Labute approximate surface area is 107 Å². The molecular weight excluding hydrogens is 289 g/mol. The Balaban J connectivity index is 2.00. The van der Waals surface area contributed by atoms with Crippen LogP contribution in [0.5, 0.6) is 0 Å². The van der Waals surface area contributed by atoms with Crippen LogP contribution in [-0.4, -0.2) is 29.1 Å². The summed E-state index contributed by atoms with van der Waals surface area (Å²) >= 11 is 3.24. The molecule has 1 N–H and O–H groups in total. The van der Waals surface area contributed by atoms with Gasteiger partial charge in [0.15, 0.2) is 0 Å². The lowest BCUT2D eigenvalue weighted by Gasteiger charge is -2.15. The van der Waals surface area contributed by atoms with Crippen LogP contribution in [0, 0.1) is 11.7 Å². The molecular formula is C12H13BrFNO2. The van der Waals surface area contributed by atoms with E-state index in [2.05, 4.69) is 15.9 Å². The average molecular weight is 302 g/mol. The van der Waals surface area contributed by atoms with E-state index >= 15 is 0 Å². The van der Waals surface area contributed by atoms with Crippen molar-refractivity contribution in [2.75, 3.05) is 13.1 Å². The molecule has 0 bridgehead atoms. The van der Waals surface area contributed by atoms with E-state index in [1.807, 2.05) is 11.0 Å². The Kier molecular flexibility index (Phi) is 3.79. The first-order valence-corrected chi connectivity index (χ1v) is 6.24. The SMILES string of the molecule is O=C(O)[C@@H]1CCN(Cc2cc(F)cc(Br)c2)C1. The van der Waals surface area contributed by atoms with Gasteiger partial charge in [0.25, 0.3) is 0 Å². The zero-order chi connectivity index (χ0) is 12.4. The Hall–Kier alpha value is -0.940. The van der Waals surface area contributed by atoms with Crippen LogP contribution in [0.4, 0.5) is 4.39 Å². The minimum Gasteiger partial charge on any atom is -0.481 e. The van der Waals surface area contributed by atoms with Crippen LogP contribution in [0.15, 0.2) is 22.7 Å². The second kappa shape index (κ2) is 5.14. The van der Waals surface area contributed by atoms with Gasteiger partial charge in [0.1, 0.15) is 5.82 Å². The number of carboxylic acid groups (broad SMARTS) is 1. The van der Waals surface area contributed by atoms with Gasteiger partial charge in [0, 0.05) is 17.6 Å². The number of carbonyl (C=O) groups is 1. The highest BCUT2D eigenvalue weighted by molar-refractivity contribution is 9.10. The first-order valence-electron chi connectivity index (χ1n) is 5.45. The van der Waals surface area contributed by atoms with E-state index in [-0.39, 0.29) is 11.7 Å². The van der Waals surface area contributed by atoms with E-state index < -0.39 is 5.97 Å². The summed E-state index contributed by atoms with van der Waals surface area (Å²) in [4.78, 5) is 12.9. The summed E-state index contributed by atoms with van der Waals surface area (Å²) in [7, 11) is 0. The van der Waals surface area contributed by atoms with Crippen molar-refractivity contribution < 1.29 is 14.3 Å². The standard InChI is InChI=1S/C12H13BrFNO2/c13-10-3-8(4-11(14)5-10)6-15-2-1-9(7-15)12(16)17/h3-5,9H,1-2,6-7H2,(H,16,17)/t9-/m1/s1. The molecule has 1 aromatic rings. The predicted octanol–water partition coefficient (Wildman–Crippen LogP) is 2.49. The molecule has 0 aromatic heterocycles. The van der Waals surface area contributed by atoms with Crippen LogP contribution in [0.1, 0.15) is 12.0 Å². The zero-order valence-corrected chi connectivity index (χ0v) is 10.8. The molecule has 1 aliphatic rings. The molecule has 5 heteroatoms. The fraction of sp³-hybridized carbons (Fsp3) is 0.417. The third-order valence-electron chi connectivity index (χ3n) is 2.95. The summed E-state index contributed by atoms with van der Waals surface area (Å²) in [5.41, 5.74) is 0.864. The molecule has 1 atom stereocenters. The topological polar surface area (TPSA) is 40.5 Å². The summed E-state index contributed by atoms with van der Waals surface area (Å²) in [5, 5.41) is 8.89. The molecule has 3 nitrogen and oxygen atoms in total. The number of hydrogen-bond acceptors (Lipinski definition) is 2. The molecule has 92 valence electrons. The summed E-state index contributed by atoms with van der Waals surface area (Å²) in [6.07, 6.45) is 0.672. The third-order valence-corrected chi connectivity index (χ3v) is 3.41. The van der Waals surface area contributed by atoms with Crippen molar-refractivity contribution in [3.63, 3.8) is 0 Å². The summed E-state index contributed by atoms with van der Waals surface area (Å²) in [6.45, 7) is 1.90. The Morgan fingerprint density at radius 3 is 2.88 bits per heavy atom. The fourth-order valence-corrected chi connectivity index (χ4v) is 2.65. The van der Waals surface area contributed by atoms with E-state index in [0.29, 0.717) is 24.0 Å². The number of halogens is 2. The molecule has 1 aliphatic heterocycles. The minimum absolute atomic E-state index is 0.275. The van der Waals surface area contributed by atoms with Crippen molar-refractivity contribution in [2.45, 2.75) is 13.0 Å². The van der Waals surface area contributed by atoms with Gasteiger partial charge in [-0.3, -0.25) is 9.69 Å². The molecule has 0 unspecified atom stereocenters. The molecule has 0 radical (unpaired) electrons. The molecule has 1 saturated heterocycles. The number of carboxylic acids is 1. The van der Waals surface area contributed by atoms with Gasteiger partial charge in [0.2, 0.25) is 0 Å². The van der Waals surface area contributed by atoms with Crippen LogP contribution in [-0.2, 0) is 11.3 Å². The molecule has 1 fully saturated rings. The van der Waals surface area contributed by atoms with Gasteiger partial charge < -0.3 is 5.11 Å². The third kappa shape index (κ3) is 3.26. The number of aliphatic carboxylic acids is 1. The van der Waals surface area contributed by atoms with Crippen molar-refractivity contribution in [1.82, 2.24) is 4.90 Å². The molecule has 1 heterocycles. The molecule has 0 saturated carbocycles. The molecule has 0 spiro atoms. The second-order valence-corrected chi connectivity index (χ2v) is 5.25. The Morgan fingerprint density at radius 2 is 2.29 bits per heavy atom. The fourth-order valence-electron chi connectivity index (χ4n) is 2.14. The van der Waals surface area contributed by atoms with Crippen LogP contribution in [0.25, 0.3) is 0 Å². The largest absolute Gasteiger partial charge is 0.481 e. The summed E-state index contributed by atoms with van der Waals surface area (Å²) in [5.74, 6) is -1.30. The van der Waals surface area contributed by atoms with Crippen molar-refractivity contribution in [2.24, 2.45) is 5.92 Å². The predicted molar refractivity (Wildman–Crippen MR) is 65.1 cm³/mol. The van der Waals surface area contributed by atoms with Crippen molar-refractivity contribution in [3.05, 3.63) is 34.1 Å². The van der Waals surface area contributed by atoms with Crippen LogP contribution in [0.3, 0.4) is 0 Å². The van der Waals surface area contributed by atoms with Gasteiger partial charge in [-0.15, -0.1) is 0 Å². The van der Waals surface area contributed by atoms with E-state index in [1.165, 1.54) is 12.1 Å². The molecule has 2 rings (SSSR count). The van der Waals surface area contributed by atoms with Gasteiger partial charge in [-0.05, 0) is 36.7 Å². The maximum absolute atomic E-state index is 13.2. The maximum Gasteiger partial charge on any atom is 0.307 e. The van der Waals surface area contributed by atoms with Crippen molar-refractivity contribution in [1.29, 1.82) is 0 Å². The number of rotatable bonds is 3. The van der Waals surface area contributed by atoms with E-state index in [0.717, 1.165) is 12.1 Å². The number of nitrogens with zero attached hydrogens (tertiary/aromatic N) is 1. The number of likely N-dealkylation sites (tertiary alicyclic amines) is 1. The van der Waals surface area contributed by atoms with Crippen molar-refractivity contribution >= 4 is 21.9 Å². The van der Waals surface area contributed by atoms with Crippen LogP contribution in [0.2, 0.25) is 0 Å². The van der Waals surface area contributed by atoms with Gasteiger partial charge in [-0.1, -0.05) is 15.9 Å². The van der Waals surface area contributed by atoms with E-state index in [1.54, 1.807) is 0 Å². The van der Waals surface area contributed by atoms with Gasteiger partial charge in [-0.25, -0.2) is 4.39 Å². The first kappa shape index (κ1) is 12.5. The second-order valence-electron chi connectivity index (χ2n) is 4.34. The highest BCUT2D eigenvalue weighted by atomic mass is 79.9. The van der Waals surface area contributed by atoms with Gasteiger partial charge in [-0.2, -0.15) is 0 Å². The quantitative estimate of drug-likeness (QED) is 0.932. The van der Waals surface area contributed by atoms with Gasteiger partial charge in [0.05, 0.1) is 5.92 Å². The lowest BCUT2D eigenvalue weighted by atomic mass is 10.1. The number of benzene rings is 1. The van der Waals surface area contributed by atoms with Crippen LogP contribution >= 0.6 is 15.9 Å². The first-order chi connectivity index (χ1) is 8.04. The molecule has 1 aromatic carbocycles. The van der Waals surface area contributed by atoms with E-state index in [4.69, 9.17) is 5.11 Å². The minimum atomic E-state index is -0.743. The summed E-state index contributed by atoms with van der Waals surface area (Å²) in [6, 6.07) is 4.75. The highest BCUT2D eigenvalue weighted by Crippen LogP contribution is 2.21. The average Bonchev–Trinajstić information content (AvgIpc) is 2.64. The maximum atomic E-state index is 13.2. The molecule has 0 aliphatic carbocycles. The number of hydrogen-bond donors (Lipinski definition) is 1. The Bertz CT molecular complexity index is 418.